The molecule has 21 heavy (non-hydrogen) atoms. The number of hydrogen-bond acceptors (Lipinski definition) is 5. The molecule has 1 aromatic heterocycles. The zero-order valence-electron chi connectivity index (χ0n) is 12.5. The van der Waals surface area contributed by atoms with Crippen molar-refractivity contribution in [2.24, 2.45) is 5.10 Å². The summed E-state index contributed by atoms with van der Waals surface area (Å²) in [5.74, 6) is 0.778. The Hall–Kier alpha value is -1.73. The number of ether oxygens (including phenoxy) is 2. The van der Waals surface area contributed by atoms with Crippen molar-refractivity contribution < 1.29 is 9.47 Å². The largest absolute Gasteiger partial charge is 0.488 e. The second kappa shape index (κ2) is 7.33. The van der Waals surface area contributed by atoms with Crippen molar-refractivity contribution in [3.05, 3.63) is 24.0 Å². The number of aromatic nitrogens is 1. The Bertz CT molecular complexity index is 527. The lowest BCUT2D eigenvalue weighted by molar-refractivity contribution is 0.141. The number of nitrogens with zero attached hydrogens (tertiary/aromatic N) is 3. The third-order valence-electron chi connectivity index (χ3n) is 3.02. The molecule has 1 atom stereocenters. The number of thiocarbonyl (C=S) groups is 1. The Morgan fingerprint density at radius 1 is 1.57 bits per heavy atom. The number of pyridine rings is 1. The van der Waals surface area contributed by atoms with Gasteiger partial charge in [0, 0.05) is 32.8 Å². The number of hydrogen-bond donors (Lipinski definition) is 1. The van der Waals surface area contributed by atoms with Crippen molar-refractivity contribution in [3.8, 4) is 5.75 Å². The Morgan fingerprint density at radius 3 is 3.05 bits per heavy atom. The van der Waals surface area contributed by atoms with Gasteiger partial charge in [0.1, 0.15) is 11.9 Å². The first kappa shape index (κ1) is 15.7. The standard InChI is InChI=1S/C14H20N4O2S/c1-10(16-17-14(21)18(2)3)13-8-11(4-6-15-13)20-12-5-7-19-9-12/h4,6,8,12H,5,7,9H2,1-3H3,(H,17,21)/b16-10+. The minimum Gasteiger partial charge on any atom is -0.488 e. The van der Waals surface area contributed by atoms with E-state index in [2.05, 4.69) is 15.5 Å². The van der Waals surface area contributed by atoms with E-state index in [-0.39, 0.29) is 6.10 Å². The molecule has 114 valence electrons. The van der Waals surface area contributed by atoms with Gasteiger partial charge in [0.05, 0.1) is 24.6 Å². The van der Waals surface area contributed by atoms with E-state index in [0.717, 1.165) is 30.2 Å². The van der Waals surface area contributed by atoms with Crippen molar-refractivity contribution in [2.45, 2.75) is 19.4 Å². The lowest BCUT2D eigenvalue weighted by Crippen LogP contribution is -2.31. The van der Waals surface area contributed by atoms with Gasteiger partial charge >= 0.3 is 0 Å². The predicted molar refractivity (Wildman–Crippen MR) is 85.7 cm³/mol. The molecule has 2 rings (SSSR count). The fourth-order valence-corrected chi connectivity index (χ4v) is 1.82. The molecule has 0 aromatic carbocycles. The van der Waals surface area contributed by atoms with Crippen LogP contribution in [-0.4, -0.2) is 54.1 Å². The van der Waals surface area contributed by atoms with Gasteiger partial charge in [0.2, 0.25) is 0 Å². The van der Waals surface area contributed by atoms with Crippen LogP contribution in [0.25, 0.3) is 0 Å². The molecule has 0 bridgehead atoms. The first-order valence-corrected chi connectivity index (χ1v) is 7.19. The van der Waals surface area contributed by atoms with Crippen molar-refractivity contribution in [1.29, 1.82) is 0 Å². The van der Waals surface area contributed by atoms with E-state index in [1.54, 1.807) is 11.1 Å². The Morgan fingerprint density at radius 2 is 2.38 bits per heavy atom. The zero-order valence-corrected chi connectivity index (χ0v) is 13.3. The van der Waals surface area contributed by atoms with Crippen LogP contribution < -0.4 is 10.2 Å². The highest BCUT2D eigenvalue weighted by atomic mass is 32.1. The summed E-state index contributed by atoms with van der Waals surface area (Å²) >= 11 is 5.12. The molecular formula is C14H20N4O2S. The molecular weight excluding hydrogens is 288 g/mol. The summed E-state index contributed by atoms with van der Waals surface area (Å²) in [4.78, 5) is 6.07. The molecule has 1 unspecified atom stereocenters. The van der Waals surface area contributed by atoms with Crippen LogP contribution in [0.5, 0.6) is 5.75 Å². The average molecular weight is 308 g/mol. The minimum atomic E-state index is 0.122. The lowest BCUT2D eigenvalue weighted by atomic mass is 10.2. The molecule has 1 fully saturated rings. The summed E-state index contributed by atoms with van der Waals surface area (Å²) < 4.78 is 11.2. The number of hydrazone groups is 1. The molecule has 0 spiro atoms. The van der Waals surface area contributed by atoms with Crippen molar-refractivity contribution in [3.63, 3.8) is 0 Å². The molecule has 1 saturated heterocycles. The van der Waals surface area contributed by atoms with Crippen LogP contribution in [0, 0.1) is 0 Å². The van der Waals surface area contributed by atoms with Crippen LogP contribution in [0.4, 0.5) is 0 Å². The van der Waals surface area contributed by atoms with E-state index in [1.807, 2.05) is 33.2 Å². The first-order valence-electron chi connectivity index (χ1n) is 6.78. The Labute approximate surface area is 130 Å². The maximum atomic E-state index is 5.86. The molecule has 0 amide bonds. The molecule has 1 aromatic rings. The van der Waals surface area contributed by atoms with Crippen LogP contribution in [0.2, 0.25) is 0 Å². The number of nitrogens with one attached hydrogen (secondary N) is 1. The van der Waals surface area contributed by atoms with E-state index in [1.165, 1.54) is 0 Å². The van der Waals surface area contributed by atoms with Crippen LogP contribution >= 0.6 is 12.2 Å². The highest BCUT2D eigenvalue weighted by Gasteiger charge is 2.17. The summed E-state index contributed by atoms with van der Waals surface area (Å²) in [5, 5.41) is 4.78. The normalized spacial score (nSPS) is 18.4. The van der Waals surface area contributed by atoms with Gasteiger partial charge in [0.25, 0.3) is 0 Å². The summed E-state index contributed by atoms with van der Waals surface area (Å²) in [7, 11) is 3.72. The third kappa shape index (κ3) is 4.64. The van der Waals surface area contributed by atoms with Gasteiger partial charge in [-0.25, -0.2) is 0 Å². The van der Waals surface area contributed by atoms with Crippen LogP contribution in [0.3, 0.4) is 0 Å². The minimum absolute atomic E-state index is 0.122. The molecule has 7 heteroatoms. The molecule has 1 aliphatic heterocycles. The molecule has 2 heterocycles. The van der Waals surface area contributed by atoms with Gasteiger partial charge < -0.3 is 14.4 Å². The van der Waals surface area contributed by atoms with Gasteiger partial charge in [-0.05, 0) is 25.2 Å². The maximum Gasteiger partial charge on any atom is 0.189 e. The number of rotatable bonds is 4. The van der Waals surface area contributed by atoms with Gasteiger partial charge in [-0.1, -0.05) is 0 Å². The van der Waals surface area contributed by atoms with E-state index < -0.39 is 0 Å². The molecule has 6 nitrogen and oxygen atoms in total. The summed E-state index contributed by atoms with van der Waals surface area (Å²) in [5.41, 5.74) is 4.31. The van der Waals surface area contributed by atoms with Crippen molar-refractivity contribution in [2.75, 3.05) is 27.3 Å². The van der Waals surface area contributed by atoms with Gasteiger partial charge in [-0.3, -0.25) is 10.4 Å². The smallest absolute Gasteiger partial charge is 0.189 e. The topological polar surface area (TPSA) is 59.0 Å². The predicted octanol–water partition coefficient (Wildman–Crippen LogP) is 1.41. The quantitative estimate of drug-likeness (QED) is 0.515. The second-order valence-corrected chi connectivity index (χ2v) is 5.38. The third-order valence-corrected chi connectivity index (χ3v) is 3.47. The van der Waals surface area contributed by atoms with Gasteiger partial charge in [-0.15, -0.1) is 0 Å². The summed E-state index contributed by atoms with van der Waals surface area (Å²) in [6.07, 6.45) is 2.75. The second-order valence-electron chi connectivity index (χ2n) is 4.99. The molecule has 1 aliphatic rings. The van der Waals surface area contributed by atoms with Gasteiger partial charge in [0.15, 0.2) is 5.11 Å². The zero-order chi connectivity index (χ0) is 15.2. The summed E-state index contributed by atoms with van der Waals surface area (Å²) in [6.45, 7) is 3.27. The van der Waals surface area contributed by atoms with Crippen molar-refractivity contribution in [1.82, 2.24) is 15.3 Å². The highest BCUT2D eigenvalue weighted by molar-refractivity contribution is 7.80. The first-order chi connectivity index (χ1) is 10.1. The Kier molecular flexibility index (Phi) is 5.46. The van der Waals surface area contributed by atoms with E-state index in [9.17, 15) is 0 Å². The van der Waals surface area contributed by atoms with Crippen molar-refractivity contribution >= 4 is 23.0 Å². The Balaban J connectivity index is 2.01. The van der Waals surface area contributed by atoms with E-state index in [0.29, 0.717) is 11.7 Å². The van der Waals surface area contributed by atoms with E-state index in [4.69, 9.17) is 21.7 Å². The van der Waals surface area contributed by atoms with E-state index >= 15 is 0 Å². The van der Waals surface area contributed by atoms with Gasteiger partial charge in [-0.2, -0.15) is 5.10 Å². The summed E-state index contributed by atoms with van der Waals surface area (Å²) in [6, 6.07) is 3.71. The fraction of sp³-hybridized carbons (Fsp3) is 0.500. The van der Waals surface area contributed by atoms with Crippen LogP contribution in [0.1, 0.15) is 19.0 Å². The monoisotopic (exact) mass is 308 g/mol. The maximum absolute atomic E-state index is 5.86. The molecule has 0 saturated carbocycles. The SMILES string of the molecule is C/C(=N\NC(=S)N(C)C)c1cc(OC2CCOC2)ccn1. The highest BCUT2D eigenvalue weighted by Crippen LogP contribution is 2.17. The fourth-order valence-electron chi connectivity index (χ4n) is 1.77. The average Bonchev–Trinajstić information content (AvgIpc) is 2.97. The molecule has 1 N–H and O–H groups in total. The molecule has 0 aliphatic carbocycles. The van der Waals surface area contributed by atoms with Crippen LogP contribution in [-0.2, 0) is 4.74 Å². The lowest BCUT2D eigenvalue weighted by Gasteiger charge is -2.13. The van der Waals surface area contributed by atoms with Crippen LogP contribution in [0.15, 0.2) is 23.4 Å². The molecule has 0 radical (unpaired) electrons.